The van der Waals surface area contributed by atoms with Crippen LogP contribution in [0.25, 0.3) is 0 Å². The Bertz CT molecular complexity index is 134. The van der Waals surface area contributed by atoms with Gasteiger partial charge in [-0.25, -0.2) is 0 Å². The van der Waals surface area contributed by atoms with Crippen molar-refractivity contribution in [1.82, 2.24) is 0 Å². The smallest absolute Gasteiger partial charge is 0.0276 e. The van der Waals surface area contributed by atoms with Gasteiger partial charge < -0.3 is 5.73 Å². The Hall–Kier alpha value is 0.310. The Balaban J connectivity index is 1.90. The zero-order valence-corrected chi connectivity index (χ0v) is 7.83. The Labute approximate surface area is 73.1 Å². The van der Waals surface area contributed by atoms with Crippen molar-refractivity contribution in [1.29, 1.82) is 0 Å². The van der Waals surface area contributed by atoms with Gasteiger partial charge in [-0.15, -0.1) is 0 Å². The molecule has 1 aliphatic carbocycles. The van der Waals surface area contributed by atoms with Gasteiger partial charge in [-0.3, -0.25) is 0 Å². The summed E-state index contributed by atoms with van der Waals surface area (Å²) in [6.07, 6.45) is 8.20. The third kappa shape index (κ3) is 1.73. The highest BCUT2D eigenvalue weighted by Crippen LogP contribution is 2.44. The summed E-state index contributed by atoms with van der Waals surface area (Å²) in [5.74, 6) is 1.35. The molecule has 2 heteroatoms. The molecule has 2 rings (SSSR count). The lowest BCUT2D eigenvalue weighted by Crippen LogP contribution is -2.34. The summed E-state index contributed by atoms with van der Waals surface area (Å²) in [7, 11) is 0. The predicted octanol–water partition coefficient (Wildman–Crippen LogP) is 2.15. The zero-order valence-electron chi connectivity index (χ0n) is 7.01. The van der Waals surface area contributed by atoms with Gasteiger partial charge in [0.15, 0.2) is 0 Å². The average molecular weight is 171 g/mol. The fourth-order valence-electron chi connectivity index (χ4n) is 1.84. The topological polar surface area (TPSA) is 26.0 Å². The molecule has 0 spiro atoms. The second kappa shape index (κ2) is 2.98. The van der Waals surface area contributed by atoms with Gasteiger partial charge in [0.1, 0.15) is 0 Å². The molecule has 0 amide bonds. The first-order valence-corrected chi connectivity index (χ1v) is 5.77. The maximum absolute atomic E-state index is 6.17. The summed E-state index contributed by atoms with van der Waals surface area (Å²) in [6, 6.07) is 0. The molecule has 0 aromatic heterocycles. The van der Waals surface area contributed by atoms with Crippen LogP contribution in [0.2, 0.25) is 0 Å². The molecule has 2 fully saturated rings. The molecule has 1 aliphatic heterocycles. The summed E-state index contributed by atoms with van der Waals surface area (Å²) in [5, 5.41) is 0.796. The van der Waals surface area contributed by atoms with Gasteiger partial charge in [0, 0.05) is 10.8 Å². The maximum Gasteiger partial charge on any atom is 0.0276 e. The van der Waals surface area contributed by atoms with Gasteiger partial charge in [-0.2, -0.15) is 11.8 Å². The third-order valence-corrected chi connectivity index (χ3v) is 4.53. The van der Waals surface area contributed by atoms with Crippen molar-refractivity contribution < 1.29 is 0 Å². The normalized spacial score (nSPS) is 36.3. The standard InChI is InChI=1S/C9H17NS/c10-9(5-6-9)8-4-2-1-3-7-11-8/h8H,1-7,10H2. The average Bonchev–Trinajstić information content (AvgIpc) is 2.73. The predicted molar refractivity (Wildman–Crippen MR) is 50.9 cm³/mol. The lowest BCUT2D eigenvalue weighted by Gasteiger charge is -2.20. The SMILES string of the molecule is NC1(C2CCCCCS2)CC1. The first-order chi connectivity index (χ1) is 5.31. The van der Waals surface area contributed by atoms with E-state index in [9.17, 15) is 0 Å². The fraction of sp³-hybridized carbons (Fsp3) is 1.00. The minimum absolute atomic E-state index is 0.273. The molecule has 0 bridgehead atoms. The fourth-order valence-corrected chi connectivity index (χ4v) is 3.39. The van der Waals surface area contributed by atoms with Crippen LogP contribution in [0.5, 0.6) is 0 Å². The summed E-state index contributed by atoms with van der Waals surface area (Å²) in [5.41, 5.74) is 6.44. The second-order valence-electron chi connectivity index (χ2n) is 3.94. The Morgan fingerprint density at radius 2 is 2.00 bits per heavy atom. The van der Waals surface area contributed by atoms with Crippen molar-refractivity contribution in [2.24, 2.45) is 5.73 Å². The number of hydrogen-bond donors (Lipinski definition) is 1. The molecule has 1 saturated carbocycles. The Morgan fingerprint density at radius 1 is 1.18 bits per heavy atom. The van der Waals surface area contributed by atoms with Crippen molar-refractivity contribution in [3.8, 4) is 0 Å². The van der Waals surface area contributed by atoms with Crippen LogP contribution in [-0.4, -0.2) is 16.5 Å². The number of hydrogen-bond acceptors (Lipinski definition) is 2. The van der Waals surface area contributed by atoms with Crippen LogP contribution in [0.3, 0.4) is 0 Å². The van der Waals surface area contributed by atoms with Crippen LogP contribution in [0.1, 0.15) is 38.5 Å². The molecule has 1 nitrogen and oxygen atoms in total. The van der Waals surface area contributed by atoms with Gasteiger partial charge in [0.25, 0.3) is 0 Å². The van der Waals surface area contributed by atoms with Gasteiger partial charge in [-0.1, -0.05) is 12.8 Å². The van der Waals surface area contributed by atoms with E-state index in [1.54, 1.807) is 0 Å². The summed E-state index contributed by atoms with van der Waals surface area (Å²) in [4.78, 5) is 0. The van der Waals surface area contributed by atoms with E-state index in [-0.39, 0.29) is 5.54 Å². The van der Waals surface area contributed by atoms with E-state index in [4.69, 9.17) is 5.73 Å². The minimum Gasteiger partial charge on any atom is -0.324 e. The molecular weight excluding hydrogens is 154 g/mol. The summed E-state index contributed by atoms with van der Waals surface area (Å²) >= 11 is 2.13. The van der Waals surface area contributed by atoms with Crippen molar-refractivity contribution in [3.63, 3.8) is 0 Å². The molecule has 0 radical (unpaired) electrons. The largest absolute Gasteiger partial charge is 0.324 e. The van der Waals surface area contributed by atoms with Crippen molar-refractivity contribution in [2.75, 3.05) is 5.75 Å². The maximum atomic E-state index is 6.17. The molecule has 1 unspecified atom stereocenters. The highest BCUT2D eigenvalue weighted by Gasteiger charge is 2.45. The van der Waals surface area contributed by atoms with Crippen LogP contribution in [0, 0.1) is 0 Å². The van der Waals surface area contributed by atoms with Crippen LogP contribution in [0.15, 0.2) is 0 Å². The van der Waals surface area contributed by atoms with E-state index in [2.05, 4.69) is 11.8 Å². The quantitative estimate of drug-likeness (QED) is 0.654. The summed E-state index contributed by atoms with van der Waals surface area (Å²) in [6.45, 7) is 0. The van der Waals surface area contributed by atoms with E-state index < -0.39 is 0 Å². The lowest BCUT2D eigenvalue weighted by molar-refractivity contribution is 0.568. The Kier molecular flexibility index (Phi) is 2.15. The summed E-state index contributed by atoms with van der Waals surface area (Å²) < 4.78 is 0. The van der Waals surface area contributed by atoms with Crippen LogP contribution in [0.4, 0.5) is 0 Å². The number of nitrogens with two attached hydrogens (primary N) is 1. The van der Waals surface area contributed by atoms with Gasteiger partial charge in [-0.05, 0) is 31.4 Å². The molecule has 0 aromatic rings. The second-order valence-corrected chi connectivity index (χ2v) is 5.25. The first-order valence-electron chi connectivity index (χ1n) is 4.72. The lowest BCUT2D eigenvalue weighted by atomic mass is 10.1. The molecule has 1 saturated heterocycles. The molecule has 0 aromatic carbocycles. The Morgan fingerprint density at radius 3 is 2.73 bits per heavy atom. The highest BCUT2D eigenvalue weighted by atomic mass is 32.2. The van der Waals surface area contributed by atoms with Gasteiger partial charge in [0.05, 0.1) is 0 Å². The van der Waals surface area contributed by atoms with Crippen LogP contribution >= 0.6 is 11.8 Å². The van der Waals surface area contributed by atoms with Crippen molar-refractivity contribution in [3.05, 3.63) is 0 Å². The van der Waals surface area contributed by atoms with E-state index >= 15 is 0 Å². The molecule has 64 valence electrons. The third-order valence-electron chi connectivity index (χ3n) is 2.90. The highest BCUT2D eigenvalue weighted by molar-refractivity contribution is 8.00. The molecular formula is C9H17NS. The van der Waals surface area contributed by atoms with Crippen molar-refractivity contribution in [2.45, 2.75) is 49.3 Å². The van der Waals surface area contributed by atoms with Crippen LogP contribution < -0.4 is 5.73 Å². The first kappa shape index (κ1) is 7.93. The minimum atomic E-state index is 0.273. The van der Waals surface area contributed by atoms with Gasteiger partial charge >= 0.3 is 0 Å². The van der Waals surface area contributed by atoms with E-state index in [1.807, 2.05) is 0 Å². The molecule has 1 heterocycles. The monoisotopic (exact) mass is 171 g/mol. The molecule has 11 heavy (non-hydrogen) atoms. The number of thioether (sulfide) groups is 1. The molecule has 1 atom stereocenters. The van der Waals surface area contributed by atoms with Crippen LogP contribution in [-0.2, 0) is 0 Å². The van der Waals surface area contributed by atoms with E-state index in [0.29, 0.717) is 0 Å². The van der Waals surface area contributed by atoms with Gasteiger partial charge in [0.2, 0.25) is 0 Å². The van der Waals surface area contributed by atoms with E-state index in [0.717, 1.165) is 5.25 Å². The number of rotatable bonds is 1. The van der Waals surface area contributed by atoms with E-state index in [1.165, 1.54) is 44.3 Å². The molecule has 2 aliphatic rings. The molecule has 2 N–H and O–H groups in total. The van der Waals surface area contributed by atoms with Crippen molar-refractivity contribution >= 4 is 11.8 Å². The zero-order chi connectivity index (χ0) is 7.73.